The zero-order valence-corrected chi connectivity index (χ0v) is 13.8. The lowest BCUT2D eigenvalue weighted by atomic mass is 10.2. The lowest BCUT2D eigenvalue weighted by molar-refractivity contribution is -0.135. The van der Waals surface area contributed by atoms with Gasteiger partial charge in [-0.1, -0.05) is 12.1 Å². The smallest absolute Gasteiger partial charge is 0.280 e. The zero-order valence-electron chi connectivity index (χ0n) is 13.0. The molecule has 7 heteroatoms. The Morgan fingerprint density at radius 2 is 1.91 bits per heavy atom. The number of likely N-dealkylation sites (tertiary alicyclic amines) is 1. The van der Waals surface area contributed by atoms with E-state index in [0.29, 0.717) is 18.0 Å². The molecule has 2 aliphatic rings. The predicted molar refractivity (Wildman–Crippen MR) is 89.8 cm³/mol. The summed E-state index contributed by atoms with van der Waals surface area (Å²) >= 11 is 0. The van der Waals surface area contributed by atoms with Crippen molar-refractivity contribution in [3.8, 4) is 5.75 Å². The van der Waals surface area contributed by atoms with Gasteiger partial charge in [0.2, 0.25) is 5.90 Å². The Kier molecular flexibility index (Phi) is 6.24. The number of amides is 1. The normalized spacial score (nSPS) is 18.3. The van der Waals surface area contributed by atoms with Gasteiger partial charge in [-0.25, -0.2) is 5.01 Å². The second-order valence-corrected chi connectivity index (χ2v) is 5.63. The van der Waals surface area contributed by atoms with Crippen LogP contribution in [-0.4, -0.2) is 59.6 Å². The molecule has 0 aliphatic carbocycles. The van der Waals surface area contributed by atoms with Crippen LogP contribution in [0.3, 0.4) is 0 Å². The Labute approximate surface area is 142 Å². The first kappa shape index (κ1) is 17.6. The summed E-state index contributed by atoms with van der Waals surface area (Å²) in [5, 5.41) is 15.6. The van der Waals surface area contributed by atoms with Gasteiger partial charge in [0.25, 0.3) is 5.91 Å². The fraction of sp³-hybridized carbons (Fsp3) is 0.500. The van der Waals surface area contributed by atoms with Crippen LogP contribution in [0.1, 0.15) is 24.8 Å². The number of para-hydroxylation sites is 1. The topological polar surface area (TPSA) is 65.4 Å². The molecule has 1 amide bonds. The monoisotopic (exact) mass is 339 g/mol. The number of halogens is 1. The highest BCUT2D eigenvalue weighted by atomic mass is 35.5. The van der Waals surface area contributed by atoms with E-state index < -0.39 is 0 Å². The fourth-order valence-electron chi connectivity index (χ4n) is 2.81. The molecule has 0 spiro atoms. The summed E-state index contributed by atoms with van der Waals surface area (Å²) in [6.07, 6.45) is 3.43. The summed E-state index contributed by atoms with van der Waals surface area (Å²) in [6, 6.07) is 6.85. The highest BCUT2D eigenvalue weighted by molar-refractivity contribution is 5.99. The minimum Gasteiger partial charge on any atom is -0.507 e. The third-order valence-electron chi connectivity index (χ3n) is 4.01. The minimum absolute atomic E-state index is 0. The number of nitrogens with zero attached hydrogens (tertiary/aromatic N) is 3. The van der Waals surface area contributed by atoms with Gasteiger partial charge in [0.15, 0.2) is 6.61 Å². The number of rotatable bonds is 5. The summed E-state index contributed by atoms with van der Waals surface area (Å²) < 4.78 is 5.36. The Bertz CT molecular complexity index is 573. The van der Waals surface area contributed by atoms with Gasteiger partial charge in [-0.2, -0.15) is 0 Å². The molecule has 0 bridgehead atoms. The van der Waals surface area contributed by atoms with E-state index in [1.165, 1.54) is 17.9 Å². The Morgan fingerprint density at radius 1 is 1.17 bits per heavy atom. The van der Waals surface area contributed by atoms with Crippen LogP contribution in [0.2, 0.25) is 0 Å². The fourth-order valence-corrected chi connectivity index (χ4v) is 2.81. The van der Waals surface area contributed by atoms with E-state index in [4.69, 9.17) is 4.74 Å². The van der Waals surface area contributed by atoms with Gasteiger partial charge in [-0.3, -0.25) is 4.79 Å². The van der Waals surface area contributed by atoms with Crippen molar-refractivity contribution in [1.29, 1.82) is 0 Å². The minimum atomic E-state index is -0.138. The molecule has 0 unspecified atom stereocenters. The van der Waals surface area contributed by atoms with E-state index in [9.17, 15) is 9.90 Å². The third-order valence-corrected chi connectivity index (χ3v) is 4.01. The second kappa shape index (κ2) is 8.17. The maximum atomic E-state index is 11.9. The first-order valence-corrected chi connectivity index (χ1v) is 7.76. The number of phenolic OH excluding ortho intramolecular Hbond substituents is 1. The summed E-state index contributed by atoms with van der Waals surface area (Å²) in [5.74, 6) is 0.270. The van der Waals surface area contributed by atoms with Crippen LogP contribution in [-0.2, 0) is 9.53 Å². The maximum Gasteiger partial charge on any atom is 0.280 e. The van der Waals surface area contributed by atoms with E-state index in [1.807, 2.05) is 0 Å². The van der Waals surface area contributed by atoms with E-state index >= 15 is 0 Å². The predicted octanol–water partition coefficient (Wildman–Crippen LogP) is 1.82. The number of hydrogen-bond donors (Lipinski definition) is 1. The van der Waals surface area contributed by atoms with Crippen molar-refractivity contribution in [1.82, 2.24) is 9.91 Å². The van der Waals surface area contributed by atoms with Crippen molar-refractivity contribution in [3.63, 3.8) is 0 Å². The second-order valence-electron chi connectivity index (χ2n) is 5.63. The van der Waals surface area contributed by atoms with E-state index in [0.717, 1.165) is 26.1 Å². The van der Waals surface area contributed by atoms with Crippen molar-refractivity contribution in [3.05, 3.63) is 29.8 Å². The average Bonchev–Trinajstić information content (AvgIpc) is 3.03. The van der Waals surface area contributed by atoms with E-state index in [-0.39, 0.29) is 30.7 Å². The van der Waals surface area contributed by atoms with Crippen LogP contribution in [0.5, 0.6) is 5.75 Å². The molecule has 1 fully saturated rings. The molecule has 1 aromatic rings. The lowest BCUT2D eigenvalue weighted by Gasteiger charge is -2.25. The van der Waals surface area contributed by atoms with Gasteiger partial charge in [-0.05, 0) is 51.0 Å². The maximum absolute atomic E-state index is 11.9. The SMILES string of the molecule is Cl.O=C1COC(c2ccccc2O)=NN1CCCN1CCCC1. The standard InChI is InChI=1S/C16H21N3O3.ClH/c20-14-7-2-1-6-13(14)16-17-19(15(21)12-22-16)11-5-10-18-8-3-4-9-18;/h1-2,6-7,20H,3-5,8-12H2;1H. The molecule has 0 radical (unpaired) electrons. The number of hydrazone groups is 1. The van der Waals surface area contributed by atoms with Crippen LogP contribution in [0.25, 0.3) is 0 Å². The third kappa shape index (κ3) is 4.36. The largest absolute Gasteiger partial charge is 0.507 e. The molecular weight excluding hydrogens is 318 g/mol. The van der Waals surface area contributed by atoms with Gasteiger partial charge in [-0.15, -0.1) is 17.5 Å². The number of aromatic hydroxyl groups is 1. The highest BCUT2D eigenvalue weighted by Crippen LogP contribution is 2.19. The van der Waals surface area contributed by atoms with E-state index in [1.54, 1.807) is 24.3 Å². The van der Waals surface area contributed by atoms with Crippen molar-refractivity contribution < 1.29 is 14.6 Å². The summed E-state index contributed by atoms with van der Waals surface area (Å²) in [5.41, 5.74) is 0.513. The number of carbonyl (C=O) groups excluding carboxylic acids is 1. The number of hydrogen-bond acceptors (Lipinski definition) is 5. The van der Waals surface area contributed by atoms with Crippen molar-refractivity contribution in [2.45, 2.75) is 19.3 Å². The molecule has 1 saturated heterocycles. The first-order valence-electron chi connectivity index (χ1n) is 7.76. The molecule has 0 aromatic heterocycles. The summed E-state index contributed by atoms with van der Waals surface area (Å²) in [4.78, 5) is 14.3. The van der Waals surface area contributed by atoms with Crippen LogP contribution in [0, 0.1) is 0 Å². The molecular formula is C16H22ClN3O3. The van der Waals surface area contributed by atoms with Gasteiger partial charge in [0.05, 0.1) is 5.56 Å². The van der Waals surface area contributed by atoms with Gasteiger partial charge in [0.1, 0.15) is 5.75 Å². The molecule has 6 nitrogen and oxygen atoms in total. The summed E-state index contributed by atoms with van der Waals surface area (Å²) in [7, 11) is 0. The van der Waals surface area contributed by atoms with Crippen LogP contribution >= 0.6 is 12.4 Å². The molecule has 126 valence electrons. The molecule has 2 aliphatic heterocycles. The number of phenols is 1. The van der Waals surface area contributed by atoms with Gasteiger partial charge in [0, 0.05) is 6.54 Å². The molecule has 23 heavy (non-hydrogen) atoms. The highest BCUT2D eigenvalue weighted by Gasteiger charge is 2.24. The zero-order chi connectivity index (χ0) is 15.4. The Morgan fingerprint density at radius 3 is 2.65 bits per heavy atom. The number of benzene rings is 1. The Balaban J connectivity index is 0.00000192. The first-order chi connectivity index (χ1) is 10.7. The molecule has 0 saturated carbocycles. The molecule has 2 heterocycles. The quantitative estimate of drug-likeness (QED) is 0.888. The summed E-state index contributed by atoms with van der Waals surface area (Å²) in [6.45, 7) is 3.85. The van der Waals surface area contributed by atoms with Crippen molar-refractivity contribution in [2.75, 3.05) is 32.8 Å². The average molecular weight is 340 g/mol. The van der Waals surface area contributed by atoms with Crippen LogP contribution < -0.4 is 0 Å². The van der Waals surface area contributed by atoms with Crippen molar-refractivity contribution in [2.24, 2.45) is 5.10 Å². The molecule has 3 rings (SSSR count). The molecule has 1 aromatic carbocycles. The number of ether oxygens (including phenoxy) is 1. The van der Waals surface area contributed by atoms with Gasteiger partial charge < -0.3 is 14.7 Å². The van der Waals surface area contributed by atoms with E-state index in [2.05, 4.69) is 10.0 Å². The Hall–Kier alpha value is -1.79. The van der Waals surface area contributed by atoms with Crippen LogP contribution in [0.15, 0.2) is 29.4 Å². The molecule has 1 N–H and O–H groups in total. The van der Waals surface area contributed by atoms with Crippen LogP contribution in [0.4, 0.5) is 0 Å². The van der Waals surface area contributed by atoms with Crippen molar-refractivity contribution >= 4 is 24.2 Å². The number of carbonyl (C=O) groups is 1. The molecule has 0 atom stereocenters. The lowest BCUT2D eigenvalue weighted by Crippen LogP contribution is -2.38. The van der Waals surface area contributed by atoms with Gasteiger partial charge >= 0.3 is 0 Å².